The zero-order valence-corrected chi connectivity index (χ0v) is 10.7. The van der Waals surface area contributed by atoms with E-state index in [1.54, 1.807) is 6.92 Å². The van der Waals surface area contributed by atoms with Gasteiger partial charge < -0.3 is 9.47 Å². The molecule has 100 valence electrons. The molecule has 6 nitrogen and oxygen atoms in total. The van der Waals surface area contributed by atoms with Crippen LogP contribution in [0.2, 0.25) is 0 Å². The van der Waals surface area contributed by atoms with E-state index in [2.05, 4.69) is 6.58 Å². The maximum absolute atomic E-state index is 10.9. The Morgan fingerprint density at radius 2 is 1.88 bits per heavy atom. The van der Waals surface area contributed by atoms with E-state index in [-0.39, 0.29) is 19.0 Å². The lowest BCUT2D eigenvalue weighted by atomic mass is 10.4. The summed E-state index contributed by atoms with van der Waals surface area (Å²) < 4.78 is 39.0. The van der Waals surface area contributed by atoms with Crippen LogP contribution in [-0.4, -0.2) is 44.5 Å². The van der Waals surface area contributed by atoms with Crippen molar-refractivity contribution < 1.29 is 27.2 Å². The van der Waals surface area contributed by atoms with Gasteiger partial charge in [-0.25, -0.2) is 4.79 Å². The van der Waals surface area contributed by atoms with E-state index < -0.39 is 16.1 Å². The zero-order chi connectivity index (χ0) is 13.3. The summed E-state index contributed by atoms with van der Waals surface area (Å²) in [5, 5.41) is 0. The molecule has 0 spiro atoms. The predicted molar refractivity (Wildman–Crippen MR) is 62.2 cm³/mol. The van der Waals surface area contributed by atoms with E-state index in [4.69, 9.17) is 14.0 Å². The third-order valence-corrected chi connectivity index (χ3v) is 2.55. The van der Waals surface area contributed by atoms with Crippen LogP contribution in [0.4, 0.5) is 0 Å². The summed E-state index contributed by atoms with van der Waals surface area (Å²) in [5.74, 6) is -0.721. The van der Waals surface area contributed by atoms with Crippen molar-refractivity contribution in [2.24, 2.45) is 0 Å². The van der Waals surface area contributed by atoms with Crippen molar-refractivity contribution in [2.75, 3.05) is 25.6 Å². The third-order valence-electron chi connectivity index (χ3n) is 1.75. The van der Waals surface area contributed by atoms with Crippen molar-refractivity contribution in [1.82, 2.24) is 0 Å². The van der Waals surface area contributed by atoms with Crippen LogP contribution < -0.4 is 0 Å². The Bertz CT molecular complexity index is 346. The van der Waals surface area contributed by atoms with Crippen molar-refractivity contribution in [2.45, 2.75) is 19.8 Å². The van der Waals surface area contributed by atoms with Gasteiger partial charge >= 0.3 is 5.97 Å². The summed E-state index contributed by atoms with van der Waals surface area (Å²) >= 11 is 0. The van der Waals surface area contributed by atoms with E-state index >= 15 is 0 Å². The third kappa shape index (κ3) is 11.3. The fraction of sp³-hybridized carbons (Fsp3) is 0.700. The van der Waals surface area contributed by atoms with Gasteiger partial charge in [-0.2, -0.15) is 8.42 Å². The maximum Gasteiger partial charge on any atom is 0.333 e. The van der Waals surface area contributed by atoms with Gasteiger partial charge in [0.25, 0.3) is 10.1 Å². The second-order valence-electron chi connectivity index (χ2n) is 3.52. The van der Waals surface area contributed by atoms with Crippen LogP contribution in [-0.2, 0) is 24.4 Å². The first-order valence-electron chi connectivity index (χ1n) is 5.18. The first-order chi connectivity index (χ1) is 7.83. The zero-order valence-electron chi connectivity index (χ0n) is 9.85. The quantitative estimate of drug-likeness (QED) is 0.287. The molecule has 0 bridgehead atoms. The summed E-state index contributed by atoms with van der Waals surface area (Å²) in [6.07, 6.45) is 0.860. The number of carbonyl (C=O) groups is 1. The Morgan fingerprint density at radius 1 is 1.24 bits per heavy atom. The number of rotatable bonds is 9. The SMILES string of the molecule is C=C(C)C(=O)OCCOCCCCS(=O)(=O)O. The topological polar surface area (TPSA) is 89.9 Å². The van der Waals surface area contributed by atoms with Crippen LogP contribution in [0.3, 0.4) is 0 Å². The first-order valence-corrected chi connectivity index (χ1v) is 6.79. The Hall–Kier alpha value is -0.920. The molecule has 0 aromatic carbocycles. The van der Waals surface area contributed by atoms with Gasteiger partial charge in [0.1, 0.15) is 6.61 Å². The first kappa shape index (κ1) is 16.1. The Labute approximate surface area is 101 Å². The fourth-order valence-corrected chi connectivity index (χ4v) is 1.48. The van der Waals surface area contributed by atoms with E-state index in [0.717, 1.165) is 0 Å². The van der Waals surface area contributed by atoms with Crippen molar-refractivity contribution in [1.29, 1.82) is 0 Å². The molecule has 0 amide bonds. The van der Waals surface area contributed by atoms with Gasteiger partial charge in [0.2, 0.25) is 0 Å². The molecule has 0 aromatic heterocycles. The molecule has 0 saturated carbocycles. The molecule has 7 heteroatoms. The molecule has 0 radical (unpaired) electrons. The van der Waals surface area contributed by atoms with Crippen LogP contribution in [0.25, 0.3) is 0 Å². The standard InChI is InChI=1S/C10H18O6S/c1-9(2)10(11)16-7-6-15-5-3-4-8-17(12,13)14/h1,3-8H2,2H3,(H,12,13,14). The molecule has 17 heavy (non-hydrogen) atoms. The molecule has 0 aliphatic carbocycles. The molecule has 0 heterocycles. The average Bonchev–Trinajstić information content (AvgIpc) is 2.19. The molecule has 1 N–H and O–H groups in total. The Morgan fingerprint density at radius 3 is 2.41 bits per heavy atom. The van der Waals surface area contributed by atoms with Crippen molar-refractivity contribution in [3.63, 3.8) is 0 Å². The lowest BCUT2D eigenvalue weighted by Crippen LogP contribution is -2.11. The Kier molecular flexibility index (Phi) is 7.77. The van der Waals surface area contributed by atoms with E-state index in [0.29, 0.717) is 25.0 Å². The van der Waals surface area contributed by atoms with Crippen molar-refractivity contribution in [3.05, 3.63) is 12.2 Å². The van der Waals surface area contributed by atoms with Crippen LogP contribution in [0.1, 0.15) is 19.8 Å². The molecule has 0 aliphatic heterocycles. The van der Waals surface area contributed by atoms with E-state index in [1.807, 2.05) is 0 Å². The fourth-order valence-electron chi connectivity index (χ4n) is 0.907. The molecular weight excluding hydrogens is 248 g/mol. The van der Waals surface area contributed by atoms with Crippen molar-refractivity contribution in [3.8, 4) is 0 Å². The molecule has 0 aliphatic rings. The highest BCUT2D eigenvalue weighted by atomic mass is 32.2. The molecule has 0 aromatic rings. The van der Waals surface area contributed by atoms with Crippen LogP contribution in [0, 0.1) is 0 Å². The van der Waals surface area contributed by atoms with Gasteiger partial charge in [0.15, 0.2) is 0 Å². The van der Waals surface area contributed by atoms with E-state index in [1.165, 1.54) is 0 Å². The second kappa shape index (κ2) is 8.21. The highest BCUT2D eigenvalue weighted by molar-refractivity contribution is 7.85. The summed E-state index contributed by atoms with van der Waals surface area (Å²) in [6, 6.07) is 0. The van der Waals surface area contributed by atoms with Crippen LogP contribution in [0.5, 0.6) is 0 Å². The number of esters is 1. The summed E-state index contributed by atoms with van der Waals surface area (Å²) in [7, 11) is -3.88. The number of unbranched alkanes of at least 4 members (excludes halogenated alkanes) is 1. The van der Waals surface area contributed by atoms with Gasteiger partial charge in [-0.05, 0) is 19.8 Å². The summed E-state index contributed by atoms with van der Waals surface area (Å²) in [6.45, 7) is 5.73. The maximum atomic E-state index is 10.9. The normalized spacial score (nSPS) is 11.2. The monoisotopic (exact) mass is 266 g/mol. The molecule has 0 rings (SSSR count). The number of hydrogen-bond donors (Lipinski definition) is 1. The Balaban J connectivity index is 3.31. The number of carbonyl (C=O) groups excluding carboxylic acids is 1. The second-order valence-corrected chi connectivity index (χ2v) is 5.09. The molecule has 0 saturated heterocycles. The minimum atomic E-state index is -3.88. The highest BCUT2D eigenvalue weighted by Gasteiger charge is 2.04. The largest absolute Gasteiger partial charge is 0.460 e. The summed E-state index contributed by atoms with van der Waals surface area (Å²) in [5.41, 5.74) is 0.332. The lowest BCUT2D eigenvalue weighted by Gasteiger charge is -2.05. The predicted octanol–water partition coefficient (Wildman–Crippen LogP) is 0.790. The minimum absolute atomic E-state index is 0.143. The number of hydrogen-bond acceptors (Lipinski definition) is 5. The van der Waals surface area contributed by atoms with Crippen LogP contribution >= 0.6 is 0 Å². The molecule has 0 unspecified atom stereocenters. The van der Waals surface area contributed by atoms with E-state index in [9.17, 15) is 13.2 Å². The summed E-state index contributed by atoms with van der Waals surface area (Å²) in [4.78, 5) is 10.9. The number of ether oxygens (including phenoxy) is 2. The van der Waals surface area contributed by atoms with Gasteiger partial charge in [-0.3, -0.25) is 4.55 Å². The lowest BCUT2D eigenvalue weighted by molar-refractivity contribution is -0.140. The molecular formula is C10H18O6S. The van der Waals surface area contributed by atoms with Gasteiger partial charge in [0, 0.05) is 12.2 Å². The van der Waals surface area contributed by atoms with Crippen molar-refractivity contribution >= 4 is 16.1 Å². The smallest absolute Gasteiger partial charge is 0.333 e. The molecule has 0 fully saturated rings. The van der Waals surface area contributed by atoms with Crippen LogP contribution in [0.15, 0.2) is 12.2 Å². The highest BCUT2D eigenvalue weighted by Crippen LogP contribution is 1.95. The molecule has 0 atom stereocenters. The van der Waals surface area contributed by atoms with Gasteiger partial charge in [-0.1, -0.05) is 6.58 Å². The van der Waals surface area contributed by atoms with Gasteiger partial charge in [-0.15, -0.1) is 0 Å². The van der Waals surface area contributed by atoms with Gasteiger partial charge in [0.05, 0.1) is 12.4 Å². The average molecular weight is 266 g/mol. The minimum Gasteiger partial charge on any atom is -0.460 e.